The third-order valence-electron chi connectivity index (χ3n) is 3.06. The number of benzene rings is 1. The molecule has 94 valence electrons. The number of carbonyl (C=O) groups is 3. The topological polar surface area (TPSA) is 66.5 Å². The molecule has 5 heteroatoms. The van der Waals surface area contributed by atoms with Crippen LogP contribution in [0.5, 0.6) is 0 Å². The van der Waals surface area contributed by atoms with E-state index in [2.05, 4.69) is 0 Å². The number of nitrogens with zero attached hydrogens (tertiary/aromatic N) is 1. The molecule has 4 amide bonds. The van der Waals surface area contributed by atoms with Crippen LogP contribution >= 0.6 is 0 Å². The van der Waals surface area contributed by atoms with Crippen molar-refractivity contribution in [2.75, 3.05) is 6.54 Å². The van der Waals surface area contributed by atoms with Crippen molar-refractivity contribution in [1.82, 2.24) is 10.2 Å². The number of carbonyl (C=O) groups excluding carboxylic acids is 3. The molecule has 1 unspecified atom stereocenters. The minimum Gasteiger partial charge on any atom is -0.269 e. The fraction of sp³-hybridized carbons (Fsp3) is 0.308. The molecular weight excluding hydrogens is 232 g/mol. The fourth-order valence-electron chi connectivity index (χ4n) is 1.91. The first-order chi connectivity index (χ1) is 8.59. The van der Waals surface area contributed by atoms with Gasteiger partial charge >= 0.3 is 17.8 Å². The maximum Gasteiger partial charge on any atom is 0.331 e. The van der Waals surface area contributed by atoms with Crippen molar-refractivity contribution in [2.45, 2.75) is 19.3 Å². The molecule has 1 aromatic carbocycles. The third kappa shape index (κ3) is 2.40. The van der Waals surface area contributed by atoms with Crippen LogP contribution in [-0.4, -0.2) is 29.3 Å². The molecule has 1 atom stereocenters. The molecule has 18 heavy (non-hydrogen) atoms. The molecule has 0 spiro atoms. The molecular formula is C13H14N2O3. The molecule has 1 aliphatic rings. The van der Waals surface area contributed by atoms with Gasteiger partial charge in [0.15, 0.2) is 0 Å². The largest absolute Gasteiger partial charge is 0.331 e. The standard InChI is InChI=1S/C13H14N2O3/c1-9(10-5-3-2-4-6-10)7-8-15-12(17)11(16)14-13(15)18/h2-6,9H,7-8H2,1H3,(H,14,16,18). The Balaban J connectivity index is 1.94. The van der Waals surface area contributed by atoms with E-state index < -0.39 is 17.8 Å². The molecule has 0 saturated carbocycles. The van der Waals surface area contributed by atoms with Gasteiger partial charge in [-0.25, -0.2) is 4.79 Å². The Bertz CT molecular complexity index is 484. The van der Waals surface area contributed by atoms with Gasteiger partial charge in [0.25, 0.3) is 0 Å². The lowest BCUT2D eigenvalue weighted by atomic mass is 9.98. The summed E-state index contributed by atoms with van der Waals surface area (Å²) in [5.74, 6) is -1.38. The van der Waals surface area contributed by atoms with E-state index in [1.165, 1.54) is 0 Å². The average Bonchev–Trinajstić information content (AvgIpc) is 2.62. The Kier molecular flexibility index (Phi) is 3.41. The van der Waals surface area contributed by atoms with Crippen LogP contribution < -0.4 is 5.32 Å². The molecule has 1 aromatic rings. The van der Waals surface area contributed by atoms with Crippen LogP contribution in [0.15, 0.2) is 30.3 Å². The summed E-state index contributed by atoms with van der Waals surface area (Å²) >= 11 is 0. The van der Waals surface area contributed by atoms with Crippen LogP contribution in [0.1, 0.15) is 24.8 Å². The minimum absolute atomic E-state index is 0.225. The lowest BCUT2D eigenvalue weighted by Crippen LogP contribution is -2.32. The Morgan fingerprint density at radius 1 is 1.17 bits per heavy atom. The molecule has 1 N–H and O–H groups in total. The number of hydrogen-bond donors (Lipinski definition) is 1. The maximum atomic E-state index is 11.4. The summed E-state index contributed by atoms with van der Waals surface area (Å²) in [6.45, 7) is 2.28. The molecule has 0 radical (unpaired) electrons. The maximum absolute atomic E-state index is 11.4. The van der Waals surface area contributed by atoms with Crippen molar-refractivity contribution in [1.29, 1.82) is 0 Å². The van der Waals surface area contributed by atoms with Crippen molar-refractivity contribution in [2.24, 2.45) is 0 Å². The number of urea groups is 1. The summed E-state index contributed by atoms with van der Waals surface area (Å²) in [6, 6.07) is 9.22. The smallest absolute Gasteiger partial charge is 0.269 e. The van der Waals surface area contributed by atoms with Crippen LogP contribution in [0, 0.1) is 0 Å². The van der Waals surface area contributed by atoms with E-state index in [0.717, 1.165) is 10.5 Å². The van der Waals surface area contributed by atoms with Gasteiger partial charge in [-0.1, -0.05) is 37.3 Å². The summed E-state index contributed by atoms with van der Waals surface area (Å²) in [6.07, 6.45) is 0.635. The van der Waals surface area contributed by atoms with Gasteiger partial charge in [-0.05, 0) is 17.9 Å². The Morgan fingerprint density at radius 3 is 2.39 bits per heavy atom. The van der Waals surface area contributed by atoms with Crippen LogP contribution in [0.2, 0.25) is 0 Å². The van der Waals surface area contributed by atoms with Gasteiger partial charge in [-0.3, -0.25) is 19.8 Å². The van der Waals surface area contributed by atoms with Crippen molar-refractivity contribution in [3.05, 3.63) is 35.9 Å². The van der Waals surface area contributed by atoms with Crippen LogP contribution in [-0.2, 0) is 9.59 Å². The predicted octanol–water partition coefficient (Wildman–Crippen LogP) is 1.26. The molecule has 0 aromatic heterocycles. The van der Waals surface area contributed by atoms with E-state index in [4.69, 9.17) is 0 Å². The summed E-state index contributed by atoms with van der Waals surface area (Å²) in [5, 5.41) is 1.98. The van der Waals surface area contributed by atoms with E-state index in [9.17, 15) is 14.4 Å². The molecule has 0 bridgehead atoms. The number of amides is 4. The van der Waals surface area contributed by atoms with Crippen molar-refractivity contribution >= 4 is 17.8 Å². The Hall–Kier alpha value is -2.17. The molecule has 1 saturated heterocycles. The fourth-order valence-corrected chi connectivity index (χ4v) is 1.91. The van der Waals surface area contributed by atoms with Crippen LogP contribution in [0.25, 0.3) is 0 Å². The highest BCUT2D eigenvalue weighted by molar-refractivity contribution is 6.44. The van der Waals surface area contributed by atoms with Gasteiger partial charge in [0.1, 0.15) is 0 Å². The molecule has 1 aliphatic heterocycles. The van der Waals surface area contributed by atoms with Crippen LogP contribution in [0.3, 0.4) is 0 Å². The minimum atomic E-state index is -0.840. The zero-order valence-electron chi connectivity index (χ0n) is 10.1. The first-order valence-corrected chi connectivity index (χ1v) is 5.81. The van der Waals surface area contributed by atoms with Crippen LogP contribution in [0.4, 0.5) is 4.79 Å². The molecule has 0 aliphatic carbocycles. The Labute approximate surface area is 105 Å². The van der Waals surface area contributed by atoms with Gasteiger partial charge in [-0.2, -0.15) is 0 Å². The van der Waals surface area contributed by atoms with Gasteiger partial charge in [0.2, 0.25) is 0 Å². The van der Waals surface area contributed by atoms with Crippen molar-refractivity contribution in [3.8, 4) is 0 Å². The van der Waals surface area contributed by atoms with E-state index in [1.807, 2.05) is 42.6 Å². The molecule has 2 rings (SSSR count). The van der Waals surface area contributed by atoms with Gasteiger partial charge in [-0.15, -0.1) is 0 Å². The molecule has 1 fully saturated rings. The zero-order chi connectivity index (χ0) is 13.1. The molecule has 5 nitrogen and oxygen atoms in total. The predicted molar refractivity (Wildman–Crippen MR) is 64.7 cm³/mol. The lowest BCUT2D eigenvalue weighted by molar-refractivity contribution is -0.140. The first-order valence-electron chi connectivity index (χ1n) is 5.81. The van der Waals surface area contributed by atoms with Crippen molar-refractivity contribution < 1.29 is 14.4 Å². The highest BCUT2D eigenvalue weighted by Gasteiger charge is 2.36. The lowest BCUT2D eigenvalue weighted by Gasteiger charge is -2.15. The van der Waals surface area contributed by atoms with Crippen molar-refractivity contribution in [3.63, 3.8) is 0 Å². The molecule has 1 heterocycles. The number of hydrogen-bond acceptors (Lipinski definition) is 3. The second kappa shape index (κ2) is 5.00. The third-order valence-corrected chi connectivity index (χ3v) is 3.06. The highest BCUT2D eigenvalue weighted by atomic mass is 16.2. The van der Waals surface area contributed by atoms with Gasteiger partial charge < -0.3 is 0 Å². The summed E-state index contributed by atoms with van der Waals surface area (Å²) in [5.41, 5.74) is 1.15. The van der Waals surface area contributed by atoms with Gasteiger partial charge in [0, 0.05) is 6.54 Å². The summed E-state index contributed by atoms with van der Waals surface area (Å²) < 4.78 is 0. The Morgan fingerprint density at radius 2 is 1.83 bits per heavy atom. The van der Waals surface area contributed by atoms with E-state index in [0.29, 0.717) is 6.42 Å². The zero-order valence-corrected chi connectivity index (χ0v) is 10.1. The van der Waals surface area contributed by atoms with E-state index >= 15 is 0 Å². The van der Waals surface area contributed by atoms with Gasteiger partial charge in [0.05, 0.1) is 0 Å². The number of rotatable bonds is 4. The van der Waals surface area contributed by atoms with E-state index in [1.54, 1.807) is 0 Å². The highest BCUT2D eigenvalue weighted by Crippen LogP contribution is 2.19. The normalized spacial score (nSPS) is 16.9. The summed E-state index contributed by atoms with van der Waals surface area (Å²) in [4.78, 5) is 34.6. The monoisotopic (exact) mass is 246 g/mol. The second-order valence-corrected chi connectivity index (χ2v) is 4.32. The first kappa shape index (κ1) is 12.3. The van der Waals surface area contributed by atoms with E-state index in [-0.39, 0.29) is 12.5 Å². The summed E-state index contributed by atoms with van der Waals surface area (Å²) in [7, 11) is 0. The SMILES string of the molecule is CC(CCN1C(=O)NC(=O)C1=O)c1ccccc1. The number of imide groups is 2. The average molecular weight is 246 g/mol. The number of nitrogens with one attached hydrogen (secondary N) is 1. The second-order valence-electron chi connectivity index (χ2n) is 4.32. The quantitative estimate of drug-likeness (QED) is 0.642.